The van der Waals surface area contributed by atoms with Gasteiger partial charge in [0.2, 0.25) is 11.9 Å². The van der Waals surface area contributed by atoms with Crippen molar-refractivity contribution in [2.45, 2.75) is 6.18 Å². The molecule has 0 aliphatic heterocycles. The highest BCUT2D eigenvalue weighted by atomic mass is 31.1. The molecule has 0 aliphatic carbocycles. The second-order valence-corrected chi connectivity index (χ2v) is 12.7. The Morgan fingerprint density at radius 1 is 1.02 bits per heavy atom. The molecule has 0 saturated carbocycles. The largest absolute Gasteiger partial charge is 0.494 e. The van der Waals surface area contributed by atoms with Crippen molar-refractivity contribution >= 4 is 64.7 Å². The number of likely N-dealkylation sites (N-methyl/N-ethyl adjacent to an activating group) is 2. The van der Waals surface area contributed by atoms with E-state index in [1.807, 2.05) is 44.3 Å². The van der Waals surface area contributed by atoms with Crippen LogP contribution >= 0.6 is 7.92 Å². The molecule has 238 valence electrons. The van der Waals surface area contributed by atoms with Gasteiger partial charge in [0, 0.05) is 55.8 Å². The molecular weight excluding hydrogens is 606 g/mol. The molecule has 4 aromatic rings. The number of aromatic nitrogens is 4. The van der Waals surface area contributed by atoms with Crippen molar-refractivity contribution in [3.05, 3.63) is 61.1 Å². The second-order valence-electron chi connectivity index (χ2n) is 10.5. The van der Waals surface area contributed by atoms with Crippen LogP contribution in [-0.2, 0) is 11.0 Å². The molecule has 1 amide bonds. The Morgan fingerprint density at radius 3 is 2.40 bits per heavy atom. The maximum Gasteiger partial charge on any atom is 0.421 e. The zero-order chi connectivity index (χ0) is 32.9. The first-order chi connectivity index (χ1) is 21.3. The van der Waals surface area contributed by atoms with E-state index in [9.17, 15) is 18.0 Å². The van der Waals surface area contributed by atoms with Crippen molar-refractivity contribution in [2.75, 3.05) is 75.5 Å². The average molecular weight is 642 g/mol. The van der Waals surface area contributed by atoms with Gasteiger partial charge < -0.3 is 30.5 Å². The Bertz CT molecular complexity index is 1700. The normalized spacial score (nSPS) is 11.5. The molecule has 0 aliphatic rings. The topological polar surface area (TPSA) is 120 Å². The molecule has 0 saturated heterocycles. The van der Waals surface area contributed by atoms with Crippen LogP contribution < -0.4 is 30.9 Å². The van der Waals surface area contributed by atoms with Crippen molar-refractivity contribution < 1.29 is 22.7 Å². The van der Waals surface area contributed by atoms with E-state index in [4.69, 9.17) is 4.74 Å². The summed E-state index contributed by atoms with van der Waals surface area (Å²) in [6.45, 7) is 8.87. The number of halogens is 3. The number of carbonyl (C=O) groups is 1. The molecule has 11 nitrogen and oxygen atoms in total. The summed E-state index contributed by atoms with van der Waals surface area (Å²) in [7, 11) is 6.44. The highest BCUT2D eigenvalue weighted by Crippen LogP contribution is 2.40. The Kier molecular flexibility index (Phi) is 10.4. The smallest absolute Gasteiger partial charge is 0.421 e. The van der Waals surface area contributed by atoms with E-state index in [-0.39, 0.29) is 5.95 Å². The average Bonchev–Trinajstić information content (AvgIpc) is 2.99. The van der Waals surface area contributed by atoms with Crippen molar-refractivity contribution in [2.24, 2.45) is 0 Å². The van der Waals surface area contributed by atoms with E-state index in [1.165, 1.54) is 7.11 Å². The number of carbonyl (C=O) groups excluding carboxylic acids is 1. The van der Waals surface area contributed by atoms with Crippen LogP contribution in [0.1, 0.15) is 5.56 Å². The minimum atomic E-state index is -4.74. The molecule has 0 bridgehead atoms. The van der Waals surface area contributed by atoms with Gasteiger partial charge in [0.05, 0.1) is 35.2 Å². The van der Waals surface area contributed by atoms with Crippen LogP contribution in [0, 0.1) is 0 Å². The third kappa shape index (κ3) is 7.95. The summed E-state index contributed by atoms with van der Waals surface area (Å²) in [4.78, 5) is 33.2. The van der Waals surface area contributed by atoms with E-state index in [0.29, 0.717) is 46.1 Å². The number of ether oxygens (including phenoxy) is 1. The van der Waals surface area contributed by atoms with Gasteiger partial charge in [-0.2, -0.15) is 18.2 Å². The number of rotatable bonds is 12. The molecular formula is C30H35F3N9O2P. The van der Waals surface area contributed by atoms with E-state index < -0.39 is 31.4 Å². The van der Waals surface area contributed by atoms with E-state index in [2.05, 4.69) is 42.5 Å². The van der Waals surface area contributed by atoms with Crippen LogP contribution in [-0.4, -0.2) is 85.4 Å². The van der Waals surface area contributed by atoms with Gasteiger partial charge in [0.15, 0.2) is 0 Å². The number of methoxy groups -OCH3 is 1. The summed E-state index contributed by atoms with van der Waals surface area (Å²) >= 11 is 0. The number of nitrogens with zero attached hydrogens (tertiary/aromatic N) is 6. The molecule has 2 aromatic heterocycles. The van der Waals surface area contributed by atoms with E-state index >= 15 is 0 Å². The second kappa shape index (κ2) is 14.0. The molecule has 4 rings (SSSR count). The minimum absolute atomic E-state index is 0.129. The Hall–Kier alpha value is -4.55. The van der Waals surface area contributed by atoms with Gasteiger partial charge in [-0.1, -0.05) is 14.5 Å². The number of hydrogen-bond acceptors (Lipinski definition) is 10. The summed E-state index contributed by atoms with van der Waals surface area (Å²) in [5.41, 5.74) is 2.04. The molecule has 45 heavy (non-hydrogen) atoms. The van der Waals surface area contributed by atoms with Gasteiger partial charge in [-0.3, -0.25) is 14.8 Å². The number of nitrogens with one attached hydrogen (secondary N) is 3. The summed E-state index contributed by atoms with van der Waals surface area (Å²) < 4.78 is 48.1. The van der Waals surface area contributed by atoms with Crippen molar-refractivity contribution in [3.8, 4) is 5.75 Å². The van der Waals surface area contributed by atoms with Gasteiger partial charge in [-0.15, -0.1) is 0 Å². The molecule has 0 unspecified atom stereocenters. The highest BCUT2D eigenvalue weighted by molar-refractivity contribution is 7.65. The minimum Gasteiger partial charge on any atom is -0.494 e. The van der Waals surface area contributed by atoms with Crippen molar-refractivity contribution in [1.82, 2.24) is 24.8 Å². The number of benzene rings is 2. The van der Waals surface area contributed by atoms with Crippen molar-refractivity contribution in [3.63, 3.8) is 0 Å². The van der Waals surface area contributed by atoms with Gasteiger partial charge in [-0.05, 0) is 51.7 Å². The summed E-state index contributed by atoms with van der Waals surface area (Å²) in [5.74, 6) is -0.654. The number of alkyl halides is 3. The maximum atomic E-state index is 14.1. The number of anilines is 6. The summed E-state index contributed by atoms with van der Waals surface area (Å²) in [6, 6.07) is 6.69. The highest BCUT2D eigenvalue weighted by Gasteiger charge is 2.36. The molecule has 2 aromatic carbocycles. The summed E-state index contributed by atoms with van der Waals surface area (Å²) in [6.07, 6.45) is 0.234. The fourth-order valence-corrected chi connectivity index (χ4v) is 5.68. The van der Waals surface area contributed by atoms with Gasteiger partial charge in [0.1, 0.15) is 17.1 Å². The van der Waals surface area contributed by atoms with E-state index in [0.717, 1.165) is 24.1 Å². The van der Waals surface area contributed by atoms with E-state index in [1.54, 1.807) is 36.7 Å². The van der Waals surface area contributed by atoms with Gasteiger partial charge >= 0.3 is 6.18 Å². The van der Waals surface area contributed by atoms with Crippen LogP contribution in [0.3, 0.4) is 0 Å². The van der Waals surface area contributed by atoms with Crippen LogP contribution in [0.15, 0.2) is 55.5 Å². The third-order valence-electron chi connectivity index (χ3n) is 6.71. The predicted octanol–water partition coefficient (Wildman–Crippen LogP) is 5.42. The lowest BCUT2D eigenvalue weighted by Crippen LogP contribution is -2.29. The zero-order valence-corrected chi connectivity index (χ0v) is 26.7. The lowest BCUT2D eigenvalue weighted by Gasteiger charge is -2.26. The fraction of sp³-hybridized carbons (Fsp3) is 0.300. The monoisotopic (exact) mass is 641 g/mol. The van der Waals surface area contributed by atoms with Crippen LogP contribution in [0.25, 0.3) is 11.0 Å². The quantitative estimate of drug-likeness (QED) is 0.137. The standard InChI is InChI=1S/C30H35F3N9O2P/c1-8-25(43)37-21-15-22(24(44-5)16-23(21)42(4)14-13-41(2)3)39-29-36-17-18(30(31,32)33)28(40-29)38-20-10-9-19-26(27(20)45(6)7)35-12-11-34-19/h8-12,15-17H,1,13-14H2,2-7H3,(H,37,43)(H2,36,38,39,40). The molecule has 0 atom stereocenters. The Labute approximate surface area is 260 Å². The lowest BCUT2D eigenvalue weighted by molar-refractivity contribution is -0.137. The molecule has 0 radical (unpaired) electrons. The number of amides is 1. The molecule has 0 spiro atoms. The molecule has 0 fully saturated rings. The Balaban J connectivity index is 1.78. The number of fused-ring (bicyclic) bond motifs is 1. The zero-order valence-electron chi connectivity index (χ0n) is 25.8. The maximum absolute atomic E-state index is 14.1. The fourth-order valence-electron chi connectivity index (χ4n) is 4.47. The predicted molar refractivity (Wildman–Crippen MR) is 175 cm³/mol. The van der Waals surface area contributed by atoms with Gasteiger partial charge in [-0.25, -0.2) is 4.98 Å². The first-order valence-electron chi connectivity index (χ1n) is 13.7. The SMILES string of the molecule is C=CC(=O)Nc1cc(Nc2ncc(C(F)(F)F)c(Nc3ccc4nccnc4c3P(C)C)n2)c(OC)cc1N(C)CCN(C)C. The van der Waals surface area contributed by atoms with Crippen LogP contribution in [0.5, 0.6) is 5.75 Å². The first kappa shape index (κ1) is 33.3. The van der Waals surface area contributed by atoms with Gasteiger partial charge in [0.25, 0.3) is 0 Å². The third-order valence-corrected chi connectivity index (χ3v) is 8.06. The molecule has 3 N–H and O–H groups in total. The molecule has 15 heteroatoms. The first-order valence-corrected chi connectivity index (χ1v) is 16.0. The lowest BCUT2D eigenvalue weighted by atomic mass is 10.2. The Morgan fingerprint density at radius 2 is 1.76 bits per heavy atom. The van der Waals surface area contributed by atoms with Crippen LogP contribution in [0.4, 0.5) is 47.7 Å². The van der Waals surface area contributed by atoms with Crippen molar-refractivity contribution in [1.29, 1.82) is 0 Å². The number of hydrogen-bond donors (Lipinski definition) is 3. The van der Waals surface area contributed by atoms with Crippen LogP contribution in [0.2, 0.25) is 0 Å². The summed E-state index contributed by atoms with van der Waals surface area (Å²) in [5, 5.41) is 9.41. The molecule has 2 heterocycles.